The van der Waals surface area contributed by atoms with E-state index in [1.807, 2.05) is 67.5 Å². The fourth-order valence-electron chi connectivity index (χ4n) is 5.60. The Bertz CT molecular complexity index is 1150. The van der Waals surface area contributed by atoms with Gasteiger partial charge in [0.25, 0.3) is 0 Å². The average molecular weight is 808 g/mol. The summed E-state index contributed by atoms with van der Waals surface area (Å²) in [5, 5.41) is 0. The summed E-state index contributed by atoms with van der Waals surface area (Å²) in [6.07, 6.45) is 7.30. The van der Waals surface area contributed by atoms with Crippen molar-refractivity contribution >= 4 is 81.1 Å². The topological polar surface area (TPSA) is 137 Å². The predicted molar refractivity (Wildman–Crippen MR) is 221 cm³/mol. The number of halogens is 3. The monoisotopic (exact) mass is 806 g/mol. The minimum absolute atomic E-state index is 0.00892. The van der Waals surface area contributed by atoms with Gasteiger partial charge >= 0.3 is 0 Å². The Morgan fingerprint density at radius 3 is 0.887 bits per heavy atom. The second-order valence-electron chi connectivity index (χ2n) is 14.4. The molecule has 0 aromatic rings. The molecule has 0 aliphatic carbocycles. The van der Waals surface area contributed by atoms with Gasteiger partial charge in [0.05, 0.1) is 17.8 Å². The number of carbonyl (C=O) groups excluding carboxylic acids is 8. The molecule has 0 heterocycles. The summed E-state index contributed by atoms with van der Waals surface area (Å²) in [6.45, 7) is 27.6. The molecule has 0 rings (SSSR count). The van der Waals surface area contributed by atoms with Crippen molar-refractivity contribution in [3.63, 3.8) is 0 Å². The largest absolute Gasteiger partial charge is 0.300 e. The third-order valence-corrected chi connectivity index (χ3v) is 8.96. The third-order valence-electron chi connectivity index (χ3n) is 8.42. The molecule has 0 aromatic heterocycles. The number of hydrogen-bond acceptors (Lipinski definition) is 8. The molecule has 0 aliphatic rings. The molecule has 0 spiro atoms. The first-order chi connectivity index (χ1) is 24.2. The minimum atomic E-state index is -0.897. The molecule has 11 heteroatoms. The molecule has 0 aromatic carbocycles. The van der Waals surface area contributed by atoms with Gasteiger partial charge in [-0.05, 0) is 98.3 Å². The van der Waals surface area contributed by atoms with Gasteiger partial charge in [0, 0.05) is 28.4 Å². The maximum atomic E-state index is 11.6. The van der Waals surface area contributed by atoms with E-state index in [1.54, 1.807) is 19.9 Å². The normalized spacial score (nSPS) is 12.3. The van der Waals surface area contributed by atoms with Crippen LogP contribution in [0.1, 0.15) is 136 Å². The minimum Gasteiger partial charge on any atom is -0.300 e. The maximum Gasteiger partial charge on any atom is 0.143 e. The van der Waals surface area contributed by atoms with Gasteiger partial charge in [0.15, 0.2) is 0 Å². The average Bonchev–Trinajstić information content (AvgIpc) is 2.96. The van der Waals surface area contributed by atoms with Crippen molar-refractivity contribution in [1.82, 2.24) is 0 Å². The van der Waals surface area contributed by atoms with Gasteiger partial charge in [-0.3, -0.25) is 38.4 Å². The summed E-state index contributed by atoms with van der Waals surface area (Å²) in [6, 6.07) is 0. The van der Waals surface area contributed by atoms with Crippen LogP contribution in [-0.4, -0.2) is 46.3 Å². The zero-order valence-corrected chi connectivity index (χ0v) is 37.5. The molecule has 0 saturated heterocycles. The van der Waals surface area contributed by atoms with E-state index in [1.165, 1.54) is 58.1 Å². The van der Waals surface area contributed by atoms with Crippen molar-refractivity contribution in [2.75, 3.05) is 0 Å². The summed E-state index contributed by atoms with van der Waals surface area (Å²) in [4.78, 5) is 86.8. The van der Waals surface area contributed by atoms with Crippen LogP contribution < -0.4 is 0 Å². The van der Waals surface area contributed by atoms with Crippen LogP contribution in [0, 0.1) is 46.8 Å². The second kappa shape index (κ2) is 34.0. The summed E-state index contributed by atoms with van der Waals surface area (Å²) in [5.41, 5.74) is 3.39. The summed E-state index contributed by atoms with van der Waals surface area (Å²) in [5.74, 6) is 0.940. The number of allylic oxidation sites excluding steroid dienone is 3. The van der Waals surface area contributed by atoms with Crippen molar-refractivity contribution in [2.24, 2.45) is 46.8 Å². The molecule has 0 N–H and O–H groups in total. The fourth-order valence-corrected chi connectivity index (χ4v) is 5.90. The lowest BCUT2D eigenvalue weighted by atomic mass is 9.69. The van der Waals surface area contributed by atoms with E-state index in [9.17, 15) is 38.4 Å². The van der Waals surface area contributed by atoms with Gasteiger partial charge in [-0.25, -0.2) is 0 Å². The number of hydrogen-bond donors (Lipinski definition) is 0. The van der Waals surface area contributed by atoms with Crippen LogP contribution in [0.2, 0.25) is 0 Å². The standard InChI is InChI=1S/C11H17ClO2.2C9H15ClO.C8H14O2.C5H8O2/c1-8(2)11(9(3)13,10(4)14)6-5-7-12;2*1-7(2)9(8(3)11)5-4-6-10;1-5(2)8(6(3)9)7(4)10;1-4(6)3-5(2)7/h5,7-8H,6H2,1-4H3;2*4,6-7,9H,5H2,1-3H3;5,8H,1-4H3;3H2,1-2H3/b7-5+;2*6-4+;;/t;9-;;;/m.0.../s1. The molecule has 0 bridgehead atoms. The molecule has 0 saturated carbocycles. The van der Waals surface area contributed by atoms with Gasteiger partial charge < -0.3 is 0 Å². The van der Waals surface area contributed by atoms with Crippen LogP contribution in [0.15, 0.2) is 34.8 Å². The zero-order chi connectivity index (χ0) is 43.2. The molecule has 0 radical (unpaired) electrons. The van der Waals surface area contributed by atoms with E-state index in [-0.39, 0.29) is 82.3 Å². The molecular formula is C42H69Cl3O8. The highest BCUT2D eigenvalue weighted by atomic mass is 35.5. The van der Waals surface area contributed by atoms with Gasteiger partial charge in [0.1, 0.15) is 46.3 Å². The fraction of sp³-hybridized carbons (Fsp3) is 0.667. The first-order valence-electron chi connectivity index (χ1n) is 18.0. The van der Waals surface area contributed by atoms with Gasteiger partial charge in [-0.2, -0.15) is 0 Å². The molecule has 306 valence electrons. The van der Waals surface area contributed by atoms with Crippen molar-refractivity contribution in [3.8, 4) is 0 Å². The van der Waals surface area contributed by atoms with Crippen LogP contribution in [0.3, 0.4) is 0 Å². The summed E-state index contributed by atoms with van der Waals surface area (Å²) < 4.78 is 0. The number of ketones is 8. The first kappa shape index (κ1) is 59.7. The van der Waals surface area contributed by atoms with E-state index in [2.05, 4.69) is 0 Å². The van der Waals surface area contributed by atoms with Crippen LogP contribution >= 0.6 is 34.8 Å². The van der Waals surface area contributed by atoms with E-state index < -0.39 is 5.41 Å². The molecule has 0 aliphatic heterocycles. The molecular weight excluding hydrogens is 739 g/mol. The van der Waals surface area contributed by atoms with Gasteiger partial charge in [-0.15, -0.1) is 0 Å². The van der Waals surface area contributed by atoms with E-state index in [0.717, 1.165) is 12.8 Å². The third kappa shape index (κ3) is 30.5. The molecule has 8 nitrogen and oxygen atoms in total. The van der Waals surface area contributed by atoms with Crippen molar-refractivity contribution in [2.45, 2.75) is 136 Å². The van der Waals surface area contributed by atoms with E-state index in [0.29, 0.717) is 18.3 Å². The highest BCUT2D eigenvalue weighted by Crippen LogP contribution is 2.34. The summed E-state index contributed by atoms with van der Waals surface area (Å²) in [7, 11) is 0. The number of rotatable bonds is 18. The molecule has 0 amide bonds. The number of carbonyl (C=O) groups is 8. The quantitative estimate of drug-likeness (QED) is 0.125. The smallest absolute Gasteiger partial charge is 0.143 e. The van der Waals surface area contributed by atoms with Crippen LogP contribution in [0.4, 0.5) is 0 Å². The van der Waals surface area contributed by atoms with Crippen molar-refractivity contribution < 1.29 is 38.4 Å². The first-order valence-corrected chi connectivity index (χ1v) is 19.3. The SMILES string of the molecule is CC(=O)C(C(C)=O)C(C)C.CC(=O)C(C/C=C/Cl)(C(C)=O)C(C)C.CC(=O)C(C/C=C/Cl)C(C)C.CC(=O)CC(C)=O.CC(=O)[C@@H](C/C=C/Cl)C(C)C. The molecule has 0 fully saturated rings. The lowest BCUT2D eigenvalue weighted by molar-refractivity contribution is -0.141. The molecule has 2 atom stereocenters. The predicted octanol–water partition coefficient (Wildman–Crippen LogP) is 10.9. The van der Waals surface area contributed by atoms with Crippen LogP contribution in [0.25, 0.3) is 0 Å². The van der Waals surface area contributed by atoms with Gasteiger partial charge in [0.2, 0.25) is 0 Å². The van der Waals surface area contributed by atoms with Crippen LogP contribution in [0.5, 0.6) is 0 Å². The number of Topliss-reactive ketones (excluding diaryl/α,β-unsaturated/α-hetero) is 8. The van der Waals surface area contributed by atoms with E-state index in [4.69, 9.17) is 34.8 Å². The van der Waals surface area contributed by atoms with Crippen molar-refractivity contribution in [3.05, 3.63) is 34.8 Å². The lowest BCUT2D eigenvalue weighted by Crippen LogP contribution is -2.41. The maximum absolute atomic E-state index is 11.6. The Morgan fingerprint density at radius 1 is 0.472 bits per heavy atom. The Balaban J connectivity index is -0.000000184. The Hall–Kier alpha value is -2.55. The van der Waals surface area contributed by atoms with E-state index >= 15 is 0 Å². The molecule has 53 heavy (non-hydrogen) atoms. The van der Waals surface area contributed by atoms with Crippen LogP contribution in [-0.2, 0) is 38.4 Å². The molecule has 1 unspecified atom stereocenters. The second-order valence-corrected chi connectivity index (χ2v) is 15.2. The highest BCUT2D eigenvalue weighted by Gasteiger charge is 2.42. The zero-order valence-electron chi connectivity index (χ0n) is 35.2. The highest BCUT2D eigenvalue weighted by molar-refractivity contribution is 6.25. The Morgan fingerprint density at radius 2 is 0.774 bits per heavy atom. The van der Waals surface area contributed by atoms with Gasteiger partial charge in [-0.1, -0.05) is 108 Å². The summed E-state index contributed by atoms with van der Waals surface area (Å²) >= 11 is 16.1. The Labute approximate surface area is 336 Å². The van der Waals surface area contributed by atoms with Crippen molar-refractivity contribution in [1.29, 1.82) is 0 Å². The lowest BCUT2D eigenvalue weighted by Gasteiger charge is -2.31. The Kier molecular flexibility index (Phi) is 38.3.